The van der Waals surface area contributed by atoms with E-state index in [4.69, 9.17) is 14.7 Å². The molecule has 2 heterocycles. The normalized spacial score (nSPS) is 12.1. The molecule has 1 aliphatic rings. The van der Waals surface area contributed by atoms with Gasteiger partial charge in [0.1, 0.15) is 13.2 Å². The molecule has 0 saturated carbocycles. The van der Waals surface area contributed by atoms with Gasteiger partial charge < -0.3 is 20.1 Å². The molecule has 4 rings (SSSR count). The molecule has 0 aliphatic carbocycles. The van der Waals surface area contributed by atoms with Crippen molar-refractivity contribution >= 4 is 23.1 Å². The molecule has 0 saturated heterocycles. The van der Waals surface area contributed by atoms with Gasteiger partial charge in [-0.3, -0.25) is 0 Å². The third kappa shape index (κ3) is 3.47. The fraction of sp³-hybridized carbons (Fsp3) is 0.111. The van der Waals surface area contributed by atoms with Crippen molar-refractivity contribution < 1.29 is 9.47 Å². The molecule has 0 unspecified atom stereocenters. The van der Waals surface area contributed by atoms with Crippen LogP contribution in [-0.2, 0) is 0 Å². The number of benzene rings is 2. The van der Waals surface area contributed by atoms with Gasteiger partial charge in [-0.25, -0.2) is 0 Å². The first kappa shape index (κ1) is 15.7. The molecule has 0 fully saturated rings. The van der Waals surface area contributed by atoms with Crippen LogP contribution in [0.3, 0.4) is 0 Å². The van der Waals surface area contributed by atoms with E-state index in [1.807, 2.05) is 18.2 Å². The number of aromatic nitrogens is 3. The molecule has 0 atom stereocenters. The maximum Gasteiger partial charge on any atom is 0.249 e. The van der Waals surface area contributed by atoms with Crippen LogP contribution in [0.5, 0.6) is 11.5 Å². The fourth-order valence-corrected chi connectivity index (χ4v) is 2.44. The van der Waals surface area contributed by atoms with Gasteiger partial charge in [-0.1, -0.05) is 0 Å². The summed E-state index contributed by atoms with van der Waals surface area (Å²) in [6.07, 6.45) is 1.52. The molecule has 0 spiro atoms. The zero-order valence-electron chi connectivity index (χ0n) is 13.6. The minimum atomic E-state index is 0.348. The van der Waals surface area contributed by atoms with Crippen LogP contribution in [0.15, 0.2) is 48.7 Å². The number of fused-ring (bicyclic) bond motifs is 1. The lowest BCUT2D eigenvalue weighted by Crippen LogP contribution is -2.15. The molecular weight excluding hydrogens is 332 g/mol. The summed E-state index contributed by atoms with van der Waals surface area (Å²) in [6.45, 7) is 1.08. The van der Waals surface area contributed by atoms with Crippen LogP contribution in [-0.4, -0.2) is 28.4 Å². The minimum Gasteiger partial charge on any atom is -0.486 e. The standard InChI is InChI=1S/C18H14N6O2/c19-10-12-1-3-13(4-2-12)21-17-11-20-24-18(23-17)22-14-5-6-15-16(9-14)26-8-7-25-15/h1-6,9,11H,7-8H2,(H2,21,22,23,24). The molecule has 0 bridgehead atoms. The summed E-state index contributed by atoms with van der Waals surface area (Å²) in [5.41, 5.74) is 2.17. The number of ether oxygens (including phenoxy) is 2. The van der Waals surface area contributed by atoms with Crippen molar-refractivity contribution in [3.8, 4) is 17.6 Å². The summed E-state index contributed by atoms with van der Waals surface area (Å²) in [7, 11) is 0. The van der Waals surface area contributed by atoms with E-state index < -0.39 is 0 Å². The molecular formula is C18H14N6O2. The topological polar surface area (TPSA) is 105 Å². The van der Waals surface area contributed by atoms with Gasteiger partial charge in [0.05, 0.1) is 17.8 Å². The predicted molar refractivity (Wildman–Crippen MR) is 95.0 cm³/mol. The lowest BCUT2D eigenvalue weighted by molar-refractivity contribution is 0.171. The van der Waals surface area contributed by atoms with Gasteiger partial charge in [-0.15, -0.1) is 5.10 Å². The first-order chi connectivity index (χ1) is 12.8. The van der Waals surface area contributed by atoms with Gasteiger partial charge in [0.15, 0.2) is 17.3 Å². The number of nitriles is 1. The van der Waals surface area contributed by atoms with Crippen LogP contribution >= 0.6 is 0 Å². The van der Waals surface area contributed by atoms with E-state index >= 15 is 0 Å². The highest BCUT2D eigenvalue weighted by Crippen LogP contribution is 2.33. The SMILES string of the molecule is N#Cc1ccc(Nc2cnnc(Nc3ccc4c(c3)OCCO4)n2)cc1. The van der Waals surface area contributed by atoms with Crippen molar-refractivity contribution in [2.75, 3.05) is 23.8 Å². The molecule has 0 radical (unpaired) electrons. The van der Waals surface area contributed by atoms with Crippen molar-refractivity contribution in [1.29, 1.82) is 5.26 Å². The van der Waals surface area contributed by atoms with Crippen molar-refractivity contribution in [1.82, 2.24) is 15.2 Å². The van der Waals surface area contributed by atoms with E-state index in [1.165, 1.54) is 6.20 Å². The summed E-state index contributed by atoms with van der Waals surface area (Å²) >= 11 is 0. The number of hydrogen-bond donors (Lipinski definition) is 2. The molecule has 0 amide bonds. The van der Waals surface area contributed by atoms with Crippen molar-refractivity contribution in [3.05, 3.63) is 54.2 Å². The number of nitrogens with one attached hydrogen (secondary N) is 2. The van der Waals surface area contributed by atoms with E-state index in [2.05, 4.69) is 31.9 Å². The number of anilines is 4. The van der Waals surface area contributed by atoms with E-state index in [9.17, 15) is 0 Å². The van der Waals surface area contributed by atoms with Crippen molar-refractivity contribution in [2.24, 2.45) is 0 Å². The summed E-state index contributed by atoms with van der Waals surface area (Å²) in [5.74, 6) is 2.28. The molecule has 26 heavy (non-hydrogen) atoms. The van der Waals surface area contributed by atoms with Crippen LogP contribution in [0.1, 0.15) is 5.56 Å². The Morgan fingerprint density at radius 2 is 1.69 bits per heavy atom. The Morgan fingerprint density at radius 1 is 0.923 bits per heavy atom. The maximum absolute atomic E-state index is 8.84. The smallest absolute Gasteiger partial charge is 0.249 e. The zero-order valence-corrected chi connectivity index (χ0v) is 13.6. The molecule has 8 nitrogen and oxygen atoms in total. The number of hydrogen-bond acceptors (Lipinski definition) is 8. The van der Waals surface area contributed by atoms with E-state index in [1.54, 1.807) is 24.3 Å². The summed E-state index contributed by atoms with van der Waals surface area (Å²) in [4.78, 5) is 4.39. The quantitative estimate of drug-likeness (QED) is 0.743. The van der Waals surface area contributed by atoms with Gasteiger partial charge >= 0.3 is 0 Å². The second kappa shape index (κ2) is 6.94. The Labute approximate surface area is 149 Å². The lowest BCUT2D eigenvalue weighted by Gasteiger charge is -2.18. The molecule has 2 N–H and O–H groups in total. The second-order valence-electron chi connectivity index (χ2n) is 5.46. The van der Waals surface area contributed by atoms with Gasteiger partial charge in [-0.05, 0) is 36.4 Å². The van der Waals surface area contributed by atoms with E-state index in [-0.39, 0.29) is 0 Å². The largest absolute Gasteiger partial charge is 0.486 e. The Kier molecular flexibility index (Phi) is 4.18. The van der Waals surface area contributed by atoms with Crippen LogP contribution in [0.4, 0.5) is 23.1 Å². The molecule has 2 aromatic carbocycles. The zero-order chi connectivity index (χ0) is 17.8. The van der Waals surface area contributed by atoms with Crippen LogP contribution in [0.2, 0.25) is 0 Å². The first-order valence-electron chi connectivity index (χ1n) is 7.94. The van der Waals surface area contributed by atoms with Crippen LogP contribution in [0.25, 0.3) is 0 Å². The van der Waals surface area contributed by atoms with E-state index in [0.717, 1.165) is 17.1 Å². The van der Waals surface area contributed by atoms with Crippen LogP contribution in [0, 0.1) is 11.3 Å². The number of nitrogens with zero attached hydrogens (tertiary/aromatic N) is 4. The van der Waals surface area contributed by atoms with Gasteiger partial charge in [0.25, 0.3) is 0 Å². The van der Waals surface area contributed by atoms with E-state index in [0.29, 0.717) is 36.3 Å². The average molecular weight is 346 g/mol. The third-order valence-corrected chi connectivity index (χ3v) is 3.64. The molecule has 8 heteroatoms. The maximum atomic E-state index is 8.84. The highest BCUT2D eigenvalue weighted by atomic mass is 16.6. The summed E-state index contributed by atoms with van der Waals surface area (Å²) in [6, 6.07) is 14.7. The van der Waals surface area contributed by atoms with Gasteiger partial charge in [0.2, 0.25) is 5.95 Å². The molecule has 3 aromatic rings. The number of rotatable bonds is 4. The Morgan fingerprint density at radius 3 is 2.50 bits per heavy atom. The molecule has 1 aliphatic heterocycles. The summed E-state index contributed by atoms with van der Waals surface area (Å²) < 4.78 is 11.1. The minimum absolute atomic E-state index is 0.348. The Balaban J connectivity index is 1.49. The highest BCUT2D eigenvalue weighted by molar-refractivity contribution is 5.62. The van der Waals surface area contributed by atoms with Gasteiger partial charge in [0, 0.05) is 17.4 Å². The molecule has 1 aromatic heterocycles. The first-order valence-corrected chi connectivity index (χ1v) is 7.94. The predicted octanol–water partition coefficient (Wildman–Crippen LogP) is 3.00. The second-order valence-corrected chi connectivity index (χ2v) is 5.46. The highest BCUT2D eigenvalue weighted by Gasteiger charge is 2.12. The average Bonchev–Trinajstić information content (AvgIpc) is 2.69. The van der Waals surface area contributed by atoms with Crippen LogP contribution < -0.4 is 20.1 Å². The van der Waals surface area contributed by atoms with Crippen molar-refractivity contribution in [2.45, 2.75) is 0 Å². The monoisotopic (exact) mass is 346 g/mol. The fourth-order valence-electron chi connectivity index (χ4n) is 2.44. The van der Waals surface area contributed by atoms with Gasteiger partial charge in [-0.2, -0.15) is 15.3 Å². The third-order valence-electron chi connectivity index (χ3n) is 3.64. The Bertz CT molecular complexity index is 968. The summed E-state index contributed by atoms with van der Waals surface area (Å²) in [5, 5.41) is 23.0. The Hall–Kier alpha value is -3.86. The molecule has 128 valence electrons. The lowest BCUT2D eigenvalue weighted by atomic mass is 10.2. The van der Waals surface area contributed by atoms with Crippen molar-refractivity contribution in [3.63, 3.8) is 0 Å².